The van der Waals surface area contributed by atoms with Crippen LogP contribution in [0.5, 0.6) is 6.01 Å². The van der Waals surface area contributed by atoms with Gasteiger partial charge in [-0.15, -0.1) is 0 Å². The van der Waals surface area contributed by atoms with E-state index in [9.17, 15) is 14.9 Å². The molecule has 0 bridgehead atoms. The summed E-state index contributed by atoms with van der Waals surface area (Å²) >= 11 is 0. The molecular weight excluding hydrogens is 390 g/mol. The molecule has 10 nitrogen and oxygen atoms in total. The van der Waals surface area contributed by atoms with E-state index in [1.807, 2.05) is 18.2 Å². The Kier molecular flexibility index (Phi) is 5.40. The molecule has 3 heterocycles. The highest BCUT2D eigenvalue weighted by atomic mass is 16.6. The number of carbonyl (C=O) groups is 1. The zero-order valence-electron chi connectivity index (χ0n) is 16.0. The van der Waals surface area contributed by atoms with E-state index in [1.54, 1.807) is 28.8 Å². The molecule has 2 aromatic heterocycles. The van der Waals surface area contributed by atoms with Gasteiger partial charge in [-0.3, -0.25) is 14.5 Å². The van der Waals surface area contributed by atoms with Gasteiger partial charge in [-0.1, -0.05) is 18.2 Å². The van der Waals surface area contributed by atoms with Crippen molar-refractivity contribution < 1.29 is 19.6 Å². The Labute approximate surface area is 171 Å². The maximum absolute atomic E-state index is 11.0. The Morgan fingerprint density at radius 2 is 1.93 bits per heavy atom. The molecule has 30 heavy (non-hydrogen) atoms. The summed E-state index contributed by atoms with van der Waals surface area (Å²) < 4.78 is 7.24. The molecule has 1 aliphatic heterocycles. The number of carboxylic acid groups (broad SMARTS) is 1. The van der Waals surface area contributed by atoms with Gasteiger partial charge < -0.3 is 20.0 Å². The van der Waals surface area contributed by atoms with Gasteiger partial charge in [0.1, 0.15) is 12.8 Å². The lowest BCUT2D eigenvalue weighted by Crippen LogP contribution is -2.33. The first-order chi connectivity index (χ1) is 14.5. The number of fused-ring (bicyclic) bond motifs is 1. The molecule has 0 amide bonds. The molecule has 0 saturated carbocycles. The smallest absolute Gasteiger partial charge is 0.414 e. The first kappa shape index (κ1) is 19.5. The molecule has 0 unspecified atom stereocenters. The quantitative estimate of drug-likeness (QED) is 0.503. The first-order valence-corrected chi connectivity index (χ1v) is 9.36. The third kappa shape index (κ3) is 4.28. The van der Waals surface area contributed by atoms with Crippen LogP contribution in [0.2, 0.25) is 0 Å². The number of ether oxygens (including phenoxy) is 1. The van der Waals surface area contributed by atoms with E-state index in [0.717, 1.165) is 17.0 Å². The van der Waals surface area contributed by atoms with Gasteiger partial charge in [-0.2, -0.15) is 0 Å². The average Bonchev–Trinajstić information content (AvgIpc) is 3.13. The fourth-order valence-electron chi connectivity index (χ4n) is 3.28. The van der Waals surface area contributed by atoms with Crippen molar-refractivity contribution in [3.05, 3.63) is 70.0 Å². The lowest BCUT2D eigenvalue weighted by molar-refractivity contribution is -0.389. The number of pyridine rings is 1. The molecule has 1 aliphatic rings. The van der Waals surface area contributed by atoms with Crippen molar-refractivity contribution in [2.24, 2.45) is 0 Å². The van der Waals surface area contributed by atoms with Gasteiger partial charge in [0, 0.05) is 36.7 Å². The highest BCUT2D eigenvalue weighted by Gasteiger charge is 2.23. The molecule has 154 valence electrons. The molecule has 4 rings (SSSR count). The third-order valence-corrected chi connectivity index (χ3v) is 4.83. The third-order valence-electron chi connectivity index (χ3n) is 4.83. The highest BCUT2D eigenvalue weighted by molar-refractivity contribution is 5.88. The van der Waals surface area contributed by atoms with Crippen LogP contribution in [0.3, 0.4) is 0 Å². The van der Waals surface area contributed by atoms with E-state index in [0.29, 0.717) is 32.8 Å². The minimum Gasteiger partial charge on any atom is -0.478 e. The summed E-state index contributed by atoms with van der Waals surface area (Å²) in [5.74, 6) is -1.18. The number of imidazole rings is 1. The second-order valence-corrected chi connectivity index (χ2v) is 6.85. The second kappa shape index (κ2) is 8.29. The number of benzene rings is 1. The maximum atomic E-state index is 11.0. The van der Waals surface area contributed by atoms with Gasteiger partial charge in [-0.05, 0) is 29.2 Å². The number of hydrogen-bond donors (Lipinski definition) is 1. The van der Waals surface area contributed by atoms with Crippen LogP contribution in [0.15, 0.2) is 48.7 Å². The van der Waals surface area contributed by atoms with E-state index in [4.69, 9.17) is 14.8 Å². The highest BCUT2D eigenvalue weighted by Crippen LogP contribution is 2.21. The number of nitrogens with zero attached hydrogens (tertiary/aromatic N) is 5. The fourth-order valence-corrected chi connectivity index (χ4v) is 3.28. The van der Waals surface area contributed by atoms with E-state index in [1.165, 1.54) is 6.20 Å². The Morgan fingerprint density at radius 3 is 2.67 bits per heavy atom. The summed E-state index contributed by atoms with van der Waals surface area (Å²) in [6, 6.07) is 12.6. The number of rotatable bonds is 5. The van der Waals surface area contributed by atoms with Gasteiger partial charge in [0.05, 0.1) is 17.0 Å². The van der Waals surface area contributed by atoms with Crippen LogP contribution in [0, 0.1) is 10.1 Å². The molecule has 10 heteroatoms. The van der Waals surface area contributed by atoms with Crippen molar-refractivity contribution in [1.82, 2.24) is 19.4 Å². The number of aromatic nitrogens is 3. The fraction of sp³-hybridized carbons (Fsp3) is 0.250. The number of aromatic carboxylic acids is 1. The SMILES string of the molecule is O=C(O)c1ccc(-c2cccc(CN3CCOc4nc([N+](=O)[O-])cn4CC3)n2)cc1. The van der Waals surface area contributed by atoms with Crippen molar-refractivity contribution >= 4 is 11.8 Å². The van der Waals surface area contributed by atoms with Crippen LogP contribution < -0.4 is 4.74 Å². The maximum Gasteiger partial charge on any atom is 0.414 e. The summed E-state index contributed by atoms with van der Waals surface area (Å²) in [5, 5.41) is 20.0. The Bertz CT molecular complexity index is 1080. The Morgan fingerprint density at radius 1 is 1.13 bits per heavy atom. The molecule has 3 aromatic rings. The summed E-state index contributed by atoms with van der Waals surface area (Å²) in [7, 11) is 0. The van der Waals surface area contributed by atoms with Gasteiger partial charge in [-0.25, -0.2) is 4.79 Å². The van der Waals surface area contributed by atoms with E-state index in [-0.39, 0.29) is 17.4 Å². The van der Waals surface area contributed by atoms with Crippen molar-refractivity contribution in [3.8, 4) is 17.3 Å². The topological polar surface area (TPSA) is 124 Å². The molecule has 0 atom stereocenters. The lowest BCUT2D eigenvalue weighted by Gasteiger charge is -2.24. The number of nitro groups is 1. The molecule has 0 aliphatic carbocycles. The van der Waals surface area contributed by atoms with Crippen molar-refractivity contribution in [3.63, 3.8) is 0 Å². The molecule has 0 fully saturated rings. The van der Waals surface area contributed by atoms with E-state index < -0.39 is 10.9 Å². The van der Waals surface area contributed by atoms with Crippen LogP contribution in [0.4, 0.5) is 5.82 Å². The van der Waals surface area contributed by atoms with Crippen molar-refractivity contribution in [1.29, 1.82) is 0 Å². The van der Waals surface area contributed by atoms with Gasteiger partial charge >= 0.3 is 17.8 Å². The molecule has 1 N–H and O–H groups in total. The molecule has 0 radical (unpaired) electrons. The number of hydrogen-bond acceptors (Lipinski definition) is 7. The predicted molar refractivity (Wildman–Crippen MR) is 106 cm³/mol. The molecular formula is C20H19N5O5. The summed E-state index contributed by atoms with van der Waals surface area (Å²) in [5.41, 5.74) is 2.70. The van der Waals surface area contributed by atoms with Crippen molar-refractivity contribution in [2.45, 2.75) is 13.1 Å². The van der Waals surface area contributed by atoms with Crippen molar-refractivity contribution in [2.75, 3.05) is 19.7 Å². The summed E-state index contributed by atoms with van der Waals surface area (Å²) in [6.07, 6.45) is 1.39. The van der Waals surface area contributed by atoms with Gasteiger partial charge in [0.2, 0.25) is 0 Å². The first-order valence-electron chi connectivity index (χ1n) is 9.36. The number of carboxylic acids is 1. The summed E-state index contributed by atoms with van der Waals surface area (Å²) in [6.45, 7) is 2.79. The van der Waals surface area contributed by atoms with Crippen LogP contribution in [0.1, 0.15) is 16.1 Å². The monoisotopic (exact) mass is 409 g/mol. The zero-order chi connectivity index (χ0) is 21.1. The minimum atomic E-state index is -0.964. The van der Waals surface area contributed by atoms with E-state index >= 15 is 0 Å². The Balaban J connectivity index is 1.46. The molecule has 0 saturated heterocycles. The molecule has 1 aromatic carbocycles. The zero-order valence-corrected chi connectivity index (χ0v) is 16.0. The predicted octanol–water partition coefficient (Wildman–Crippen LogP) is 2.45. The Hall–Kier alpha value is -3.79. The normalized spacial score (nSPS) is 14.3. The largest absolute Gasteiger partial charge is 0.478 e. The second-order valence-electron chi connectivity index (χ2n) is 6.85. The van der Waals surface area contributed by atoms with Gasteiger partial charge in [0.25, 0.3) is 0 Å². The minimum absolute atomic E-state index is 0.221. The summed E-state index contributed by atoms with van der Waals surface area (Å²) in [4.78, 5) is 32.2. The van der Waals surface area contributed by atoms with Gasteiger partial charge in [0.15, 0.2) is 0 Å². The molecule has 0 spiro atoms. The van der Waals surface area contributed by atoms with Crippen LogP contribution in [0.25, 0.3) is 11.3 Å². The lowest BCUT2D eigenvalue weighted by atomic mass is 10.1. The van der Waals surface area contributed by atoms with Crippen LogP contribution in [-0.4, -0.2) is 55.1 Å². The average molecular weight is 409 g/mol. The van der Waals surface area contributed by atoms with Crippen LogP contribution in [-0.2, 0) is 13.1 Å². The van der Waals surface area contributed by atoms with Crippen LogP contribution >= 0.6 is 0 Å². The standard InChI is InChI=1S/C20H19N5O5/c26-19(27)15-6-4-14(5-7-15)17-3-1-2-16(21-17)12-23-8-9-24-13-18(25(28)29)22-20(24)30-11-10-23/h1-7,13H,8-12H2,(H,26,27). The van der Waals surface area contributed by atoms with E-state index in [2.05, 4.69) is 9.88 Å².